The third-order valence-corrected chi connectivity index (χ3v) is 3.86. The highest BCUT2D eigenvalue weighted by atomic mass is 16.5. The molecule has 0 saturated heterocycles. The molecule has 8 nitrogen and oxygen atoms in total. The molecule has 0 fully saturated rings. The van der Waals surface area contributed by atoms with E-state index in [-0.39, 0.29) is 18.2 Å². The first-order chi connectivity index (χ1) is 12.4. The molecule has 2 aromatic rings. The second-order valence-electron chi connectivity index (χ2n) is 6.22. The van der Waals surface area contributed by atoms with Gasteiger partial charge in [-0.15, -0.1) is 0 Å². The SMILES string of the molecule is COc1ccc(-c2noc(CCCC(=O)N[C@@H](C(=O)O)C(C)C)n2)cc1. The molecule has 0 unspecified atom stereocenters. The number of carbonyl (C=O) groups is 2. The average Bonchev–Trinajstić information content (AvgIpc) is 3.08. The third-order valence-electron chi connectivity index (χ3n) is 3.86. The lowest BCUT2D eigenvalue weighted by atomic mass is 10.0. The molecule has 0 saturated carbocycles. The van der Waals surface area contributed by atoms with Crippen LogP contribution in [-0.2, 0) is 16.0 Å². The number of benzene rings is 1. The Hall–Kier alpha value is -2.90. The van der Waals surface area contributed by atoms with Crippen LogP contribution in [0.2, 0.25) is 0 Å². The van der Waals surface area contributed by atoms with Crippen molar-refractivity contribution in [1.82, 2.24) is 15.5 Å². The van der Waals surface area contributed by atoms with Gasteiger partial charge < -0.3 is 19.7 Å². The van der Waals surface area contributed by atoms with E-state index in [1.807, 2.05) is 24.3 Å². The number of methoxy groups -OCH3 is 1. The van der Waals surface area contributed by atoms with Gasteiger partial charge in [-0.25, -0.2) is 4.79 Å². The van der Waals surface area contributed by atoms with Gasteiger partial charge in [0.2, 0.25) is 17.6 Å². The summed E-state index contributed by atoms with van der Waals surface area (Å²) in [4.78, 5) is 27.3. The lowest BCUT2D eigenvalue weighted by Gasteiger charge is -2.17. The molecule has 0 aliphatic carbocycles. The molecule has 0 aliphatic heterocycles. The van der Waals surface area contributed by atoms with Gasteiger partial charge in [0.05, 0.1) is 7.11 Å². The number of nitrogens with one attached hydrogen (secondary N) is 1. The van der Waals surface area contributed by atoms with E-state index < -0.39 is 12.0 Å². The molecule has 1 aromatic heterocycles. The van der Waals surface area contributed by atoms with Crippen LogP contribution in [0.15, 0.2) is 28.8 Å². The maximum Gasteiger partial charge on any atom is 0.326 e. The second-order valence-corrected chi connectivity index (χ2v) is 6.22. The van der Waals surface area contributed by atoms with Gasteiger partial charge in [0.1, 0.15) is 11.8 Å². The highest BCUT2D eigenvalue weighted by Gasteiger charge is 2.23. The van der Waals surface area contributed by atoms with Crippen LogP contribution in [0.4, 0.5) is 0 Å². The summed E-state index contributed by atoms with van der Waals surface area (Å²) in [5.41, 5.74) is 0.805. The number of aliphatic carboxylic acids is 1. The topological polar surface area (TPSA) is 115 Å². The van der Waals surface area contributed by atoms with Crippen molar-refractivity contribution in [3.05, 3.63) is 30.2 Å². The van der Waals surface area contributed by atoms with E-state index in [1.54, 1.807) is 21.0 Å². The molecule has 140 valence electrons. The Morgan fingerprint density at radius 1 is 1.27 bits per heavy atom. The maximum absolute atomic E-state index is 11.9. The number of carboxylic acids is 1. The molecule has 2 N–H and O–H groups in total. The Morgan fingerprint density at radius 2 is 1.96 bits per heavy atom. The molecule has 1 amide bonds. The molecule has 1 heterocycles. The van der Waals surface area contributed by atoms with Crippen LogP contribution in [-0.4, -0.2) is 40.3 Å². The number of carbonyl (C=O) groups excluding carboxylic acids is 1. The Balaban J connectivity index is 1.84. The van der Waals surface area contributed by atoms with Crippen LogP contribution in [0.3, 0.4) is 0 Å². The summed E-state index contributed by atoms with van der Waals surface area (Å²) < 4.78 is 10.3. The van der Waals surface area contributed by atoms with Gasteiger partial charge in [0, 0.05) is 18.4 Å². The van der Waals surface area contributed by atoms with Gasteiger partial charge in [-0.2, -0.15) is 4.98 Å². The first kappa shape index (κ1) is 19.4. The van der Waals surface area contributed by atoms with Crippen molar-refractivity contribution in [2.45, 2.75) is 39.2 Å². The van der Waals surface area contributed by atoms with Crippen molar-refractivity contribution in [3.63, 3.8) is 0 Å². The number of hydrogen-bond acceptors (Lipinski definition) is 6. The zero-order valence-corrected chi connectivity index (χ0v) is 15.1. The average molecular weight is 361 g/mol. The minimum absolute atomic E-state index is 0.181. The van der Waals surface area contributed by atoms with Crippen LogP contribution >= 0.6 is 0 Å². The molecule has 1 aromatic carbocycles. The highest BCUT2D eigenvalue weighted by molar-refractivity contribution is 5.83. The second kappa shape index (κ2) is 8.98. The molecule has 0 aliphatic rings. The zero-order chi connectivity index (χ0) is 19.1. The van der Waals surface area contributed by atoms with Gasteiger partial charge in [-0.1, -0.05) is 19.0 Å². The van der Waals surface area contributed by atoms with Crippen LogP contribution in [0.1, 0.15) is 32.6 Å². The molecular weight excluding hydrogens is 338 g/mol. The summed E-state index contributed by atoms with van der Waals surface area (Å²) in [6, 6.07) is 6.40. The van der Waals surface area contributed by atoms with Crippen LogP contribution < -0.4 is 10.1 Å². The summed E-state index contributed by atoms with van der Waals surface area (Å²) in [6.07, 6.45) is 1.12. The fourth-order valence-electron chi connectivity index (χ4n) is 2.37. The Kier molecular flexibility index (Phi) is 6.71. The lowest BCUT2D eigenvalue weighted by molar-refractivity contribution is -0.143. The van der Waals surface area contributed by atoms with Gasteiger partial charge in [0.15, 0.2) is 0 Å². The van der Waals surface area contributed by atoms with E-state index in [9.17, 15) is 9.59 Å². The smallest absolute Gasteiger partial charge is 0.326 e. The van der Waals surface area contributed by atoms with Crippen LogP contribution in [0.25, 0.3) is 11.4 Å². The molecule has 26 heavy (non-hydrogen) atoms. The number of amides is 1. The summed E-state index contributed by atoms with van der Waals surface area (Å²) in [6.45, 7) is 3.50. The monoisotopic (exact) mass is 361 g/mol. The summed E-state index contributed by atoms with van der Waals surface area (Å²) >= 11 is 0. The van der Waals surface area contributed by atoms with Crippen molar-refractivity contribution in [3.8, 4) is 17.1 Å². The van der Waals surface area contributed by atoms with E-state index in [0.29, 0.717) is 24.6 Å². The molecule has 0 radical (unpaired) electrons. The molecule has 1 atom stereocenters. The van der Waals surface area contributed by atoms with Crippen molar-refractivity contribution in [1.29, 1.82) is 0 Å². The molecule has 2 rings (SSSR count). The fourth-order valence-corrected chi connectivity index (χ4v) is 2.37. The van der Waals surface area contributed by atoms with Gasteiger partial charge >= 0.3 is 5.97 Å². The van der Waals surface area contributed by atoms with E-state index in [0.717, 1.165) is 11.3 Å². The normalized spacial score (nSPS) is 12.0. The Morgan fingerprint density at radius 3 is 2.54 bits per heavy atom. The minimum Gasteiger partial charge on any atom is -0.497 e. The number of nitrogens with zero attached hydrogens (tertiary/aromatic N) is 2. The van der Waals surface area contributed by atoms with Crippen molar-refractivity contribution < 1.29 is 24.0 Å². The quantitative estimate of drug-likeness (QED) is 0.704. The molecule has 0 bridgehead atoms. The lowest BCUT2D eigenvalue weighted by Crippen LogP contribution is -2.44. The first-order valence-corrected chi connectivity index (χ1v) is 8.40. The van der Waals surface area contributed by atoms with Crippen LogP contribution in [0, 0.1) is 5.92 Å². The highest BCUT2D eigenvalue weighted by Crippen LogP contribution is 2.20. The van der Waals surface area contributed by atoms with E-state index in [2.05, 4.69) is 15.5 Å². The maximum atomic E-state index is 11.9. The largest absolute Gasteiger partial charge is 0.497 e. The number of carboxylic acid groups (broad SMARTS) is 1. The van der Waals surface area contributed by atoms with Gasteiger partial charge in [0.25, 0.3) is 0 Å². The van der Waals surface area contributed by atoms with Crippen molar-refractivity contribution >= 4 is 11.9 Å². The van der Waals surface area contributed by atoms with Gasteiger partial charge in [-0.05, 0) is 36.6 Å². The first-order valence-electron chi connectivity index (χ1n) is 8.40. The third kappa shape index (κ3) is 5.30. The number of rotatable bonds is 9. The summed E-state index contributed by atoms with van der Waals surface area (Å²) in [7, 11) is 1.59. The predicted molar refractivity (Wildman–Crippen MR) is 93.6 cm³/mol. The summed E-state index contributed by atoms with van der Waals surface area (Å²) in [5.74, 6) is 0.125. The van der Waals surface area contributed by atoms with E-state index in [1.165, 1.54) is 0 Å². The number of aryl methyl sites for hydroxylation is 1. The molecule has 0 spiro atoms. The molecule has 8 heteroatoms. The number of ether oxygens (including phenoxy) is 1. The minimum atomic E-state index is -1.03. The number of aromatic nitrogens is 2. The van der Waals surface area contributed by atoms with Crippen molar-refractivity contribution in [2.75, 3.05) is 7.11 Å². The number of hydrogen-bond donors (Lipinski definition) is 2. The standard InChI is InChI=1S/C18H23N3O5/c1-11(2)16(18(23)24)19-14(22)5-4-6-15-20-17(21-26-15)12-7-9-13(25-3)10-8-12/h7-11,16H,4-6H2,1-3H3,(H,19,22)(H,23,24)/t16-/m1/s1. The van der Waals surface area contributed by atoms with Crippen LogP contribution in [0.5, 0.6) is 5.75 Å². The fraction of sp³-hybridized carbons (Fsp3) is 0.444. The van der Waals surface area contributed by atoms with Crippen molar-refractivity contribution in [2.24, 2.45) is 5.92 Å². The Bertz CT molecular complexity index is 740. The summed E-state index contributed by atoms with van der Waals surface area (Å²) in [5, 5.41) is 15.5. The van der Waals surface area contributed by atoms with E-state index in [4.69, 9.17) is 14.4 Å². The Labute approximate surface area is 151 Å². The molecular formula is C18H23N3O5. The predicted octanol–water partition coefficient (Wildman–Crippen LogP) is 2.29. The van der Waals surface area contributed by atoms with Gasteiger partial charge in [-0.3, -0.25) is 4.79 Å². The van der Waals surface area contributed by atoms with E-state index >= 15 is 0 Å². The zero-order valence-electron chi connectivity index (χ0n) is 15.1.